The Kier molecular flexibility index (Phi) is 11.3. The Morgan fingerprint density at radius 1 is 1.22 bits per heavy atom. The summed E-state index contributed by atoms with van der Waals surface area (Å²) in [4.78, 5) is 10.5. The number of rotatable bonds is 5. The van der Waals surface area contributed by atoms with Gasteiger partial charge in [-0.15, -0.1) is 0 Å². The Morgan fingerprint density at radius 2 is 1.67 bits per heavy atom. The van der Waals surface area contributed by atoms with Crippen molar-refractivity contribution >= 4 is 97.2 Å². The van der Waals surface area contributed by atoms with E-state index < -0.39 is 20.0 Å². The second-order valence-corrected chi connectivity index (χ2v) is 10.3. The Balaban J connectivity index is 0.00000119. The molecule has 1 rings (SSSR count). The number of hydrogen-bond donors (Lipinski definition) is 3. The summed E-state index contributed by atoms with van der Waals surface area (Å²) in [7, 11) is -0.624. The molecule has 0 radical (unpaired) electrons. The number of halogens is 4. The van der Waals surface area contributed by atoms with Crippen LogP contribution in [0.4, 0.5) is 0 Å². The molecule has 4 N–H and O–H groups in total. The van der Waals surface area contributed by atoms with Crippen LogP contribution in [0.15, 0.2) is 29.2 Å². The van der Waals surface area contributed by atoms with Gasteiger partial charge in [0.1, 0.15) is 16.1 Å². The summed E-state index contributed by atoms with van der Waals surface area (Å²) in [6, 6.07) is 5.42. The number of nitrogens with two attached hydrogens (primary N) is 1. The standard InChI is InChI=1S/C10H9Cl4N3O2S3.C3H7NO/c11-5-1-3-6(4-2-5)22(18,19)17-9(10(12,13)14)16-8(21)7(15)20;1-4(2)3-5/h1-4,9,17H,(H2,15,20)(H,16,21);3H,1-2H3. The van der Waals surface area contributed by atoms with E-state index >= 15 is 0 Å². The molecule has 0 saturated carbocycles. The Hall–Kier alpha value is -0.460. The number of nitrogens with one attached hydrogen (secondary N) is 2. The molecule has 152 valence electrons. The van der Waals surface area contributed by atoms with Gasteiger partial charge in [0, 0.05) is 19.1 Å². The van der Waals surface area contributed by atoms with Crippen molar-refractivity contribution in [3.8, 4) is 0 Å². The van der Waals surface area contributed by atoms with Crippen molar-refractivity contribution in [2.75, 3.05) is 14.1 Å². The van der Waals surface area contributed by atoms with Gasteiger partial charge in [-0.1, -0.05) is 70.8 Å². The zero-order valence-electron chi connectivity index (χ0n) is 14.0. The quantitative estimate of drug-likeness (QED) is 0.240. The predicted octanol–water partition coefficient (Wildman–Crippen LogP) is 2.22. The number of nitrogens with zero attached hydrogens (tertiary/aromatic N) is 1. The van der Waals surface area contributed by atoms with E-state index in [0.717, 1.165) is 6.41 Å². The Morgan fingerprint density at radius 3 is 2.00 bits per heavy atom. The van der Waals surface area contributed by atoms with Gasteiger partial charge in [0.05, 0.1) is 4.90 Å². The molecule has 27 heavy (non-hydrogen) atoms. The second-order valence-electron chi connectivity index (χ2n) is 4.96. The first-order valence-electron chi connectivity index (χ1n) is 6.77. The van der Waals surface area contributed by atoms with Crippen LogP contribution in [0.2, 0.25) is 5.02 Å². The fourth-order valence-electron chi connectivity index (χ4n) is 1.22. The molecular weight excluding hydrogens is 498 g/mol. The van der Waals surface area contributed by atoms with Gasteiger partial charge < -0.3 is 16.0 Å². The van der Waals surface area contributed by atoms with Crippen molar-refractivity contribution in [1.29, 1.82) is 0 Å². The van der Waals surface area contributed by atoms with Gasteiger partial charge in [0.2, 0.25) is 20.2 Å². The van der Waals surface area contributed by atoms with Gasteiger partial charge in [0.15, 0.2) is 0 Å². The summed E-state index contributed by atoms with van der Waals surface area (Å²) < 4.78 is 24.7. The van der Waals surface area contributed by atoms with Crippen molar-refractivity contribution in [2.45, 2.75) is 14.9 Å². The first-order valence-corrected chi connectivity index (χ1v) is 10.6. The number of alkyl halides is 3. The largest absolute Gasteiger partial charge is 0.388 e. The topological polar surface area (TPSA) is 105 Å². The van der Waals surface area contributed by atoms with Crippen LogP contribution in [-0.4, -0.2) is 53.8 Å². The smallest absolute Gasteiger partial charge is 0.242 e. The van der Waals surface area contributed by atoms with Crippen LogP contribution >= 0.6 is 70.8 Å². The molecule has 1 amide bonds. The molecule has 0 saturated heterocycles. The number of benzene rings is 1. The number of hydrogen-bond acceptors (Lipinski definition) is 5. The van der Waals surface area contributed by atoms with Gasteiger partial charge in [-0.2, -0.15) is 4.72 Å². The van der Waals surface area contributed by atoms with Crippen LogP contribution in [-0.2, 0) is 14.8 Å². The van der Waals surface area contributed by atoms with Crippen LogP contribution < -0.4 is 15.8 Å². The van der Waals surface area contributed by atoms with Crippen molar-refractivity contribution < 1.29 is 13.2 Å². The van der Waals surface area contributed by atoms with E-state index in [1.54, 1.807) is 14.1 Å². The molecule has 0 fully saturated rings. The Labute approximate surface area is 188 Å². The van der Waals surface area contributed by atoms with E-state index in [9.17, 15) is 13.2 Å². The van der Waals surface area contributed by atoms with Gasteiger partial charge in [-0.3, -0.25) is 4.79 Å². The molecule has 0 aliphatic heterocycles. The summed E-state index contributed by atoms with van der Waals surface area (Å²) >= 11 is 32.4. The highest BCUT2D eigenvalue weighted by atomic mass is 35.6. The van der Waals surface area contributed by atoms with Gasteiger partial charge in [-0.25, -0.2) is 8.42 Å². The van der Waals surface area contributed by atoms with Gasteiger partial charge in [-0.05, 0) is 24.3 Å². The number of thiocarbonyl (C=S) groups is 2. The fourth-order valence-corrected chi connectivity index (χ4v) is 3.22. The lowest BCUT2D eigenvalue weighted by molar-refractivity contribution is -0.115. The third-order valence-corrected chi connectivity index (χ3v) is 5.45. The van der Waals surface area contributed by atoms with Crippen LogP contribution in [0.3, 0.4) is 0 Å². The lowest BCUT2D eigenvalue weighted by Crippen LogP contribution is -2.56. The maximum atomic E-state index is 12.3. The highest BCUT2D eigenvalue weighted by Crippen LogP contribution is 2.30. The average Bonchev–Trinajstić information content (AvgIpc) is 2.53. The highest BCUT2D eigenvalue weighted by molar-refractivity contribution is 7.89. The molecule has 0 aromatic heterocycles. The average molecular weight is 514 g/mol. The number of amides is 1. The van der Waals surface area contributed by atoms with Gasteiger partial charge in [0.25, 0.3) is 0 Å². The third-order valence-electron chi connectivity index (χ3n) is 2.43. The summed E-state index contributed by atoms with van der Waals surface area (Å²) in [5, 5.41) is 2.83. The second kappa shape index (κ2) is 11.5. The highest BCUT2D eigenvalue weighted by Gasteiger charge is 2.37. The lowest BCUT2D eigenvalue weighted by Gasteiger charge is -2.27. The SMILES string of the molecule is CN(C)C=O.NC(=S)C(=S)NC(NS(=O)(=O)c1ccc(Cl)cc1)C(Cl)(Cl)Cl. The molecule has 0 aliphatic rings. The van der Waals surface area contributed by atoms with E-state index in [1.165, 1.54) is 29.2 Å². The molecule has 0 heterocycles. The normalized spacial score (nSPS) is 12.2. The molecule has 1 aromatic carbocycles. The molecule has 1 aromatic rings. The van der Waals surface area contributed by atoms with Crippen molar-refractivity contribution in [1.82, 2.24) is 14.9 Å². The first kappa shape index (κ1) is 26.5. The minimum atomic E-state index is -4.00. The molecule has 1 unspecified atom stereocenters. The van der Waals surface area contributed by atoms with E-state index in [-0.39, 0.29) is 14.9 Å². The van der Waals surface area contributed by atoms with Crippen LogP contribution in [0, 0.1) is 0 Å². The minimum Gasteiger partial charge on any atom is -0.388 e. The molecule has 0 aliphatic carbocycles. The first-order chi connectivity index (χ1) is 12.2. The molecule has 7 nitrogen and oxygen atoms in total. The zero-order chi connectivity index (χ0) is 21.4. The number of carbonyl (C=O) groups excluding carboxylic acids is 1. The van der Waals surface area contributed by atoms with Crippen molar-refractivity contribution in [2.24, 2.45) is 5.73 Å². The third kappa shape index (κ3) is 10.6. The summed E-state index contributed by atoms with van der Waals surface area (Å²) in [6.45, 7) is 0. The van der Waals surface area contributed by atoms with E-state index in [0.29, 0.717) is 5.02 Å². The van der Waals surface area contributed by atoms with Crippen molar-refractivity contribution in [3.05, 3.63) is 29.3 Å². The predicted molar refractivity (Wildman–Crippen MR) is 118 cm³/mol. The van der Waals surface area contributed by atoms with Crippen molar-refractivity contribution in [3.63, 3.8) is 0 Å². The summed E-state index contributed by atoms with van der Waals surface area (Å²) in [6.07, 6.45) is -0.632. The Bertz CT molecular complexity index is 768. The molecular formula is C13H16Cl4N4O3S3. The number of carbonyl (C=O) groups is 1. The molecule has 0 bridgehead atoms. The fraction of sp³-hybridized carbons (Fsp3) is 0.308. The van der Waals surface area contributed by atoms with Crippen LogP contribution in [0.5, 0.6) is 0 Å². The van der Waals surface area contributed by atoms with Crippen LogP contribution in [0.1, 0.15) is 0 Å². The molecule has 14 heteroatoms. The molecule has 0 spiro atoms. The van der Waals surface area contributed by atoms with E-state index in [4.69, 9.17) is 64.4 Å². The van der Waals surface area contributed by atoms with E-state index in [1.807, 2.05) is 0 Å². The maximum Gasteiger partial charge on any atom is 0.242 e. The van der Waals surface area contributed by atoms with Crippen LogP contribution in [0.25, 0.3) is 0 Å². The van der Waals surface area contributed by atoms with E-state index in [2.05, 4.69) is 22.3 Å². The zero-order valence-corrected chi connectivity index (χ0v) is 19.4. The summed E-state index contributed by atoms with van der Waals surface area (Å²) in [5.41, 5.74) is 5.33. The lowest BCUT2D eigenvalue weighted by atomic mass is 10.4. The molecule has 1 atom stereocenters. The maximum absolute atomic E-state index is 12.3. The van der Waals surface area contributed by atoms with Gasteiger partial charge >= 0.3 is 0 Å². The number of sulfonamides is 1. The monoisotopic (exact) mass is 512 g/mol. The minimum absolute atomic E-state index is 0.0702. The summed E-state index contributed by atoms with van der Waals surface area (Å²) in [5.74, 6) is 0.